The zero-order chi connectivity index (χ0) is 45.9. The van der Waals surface area contributed by atoms with E-state index in [2.05, 4.69) is 48.1 Å². The van der Waals surface area contributed by atoms with Gasteiger partial charge in [-0.25, -0.2) is 0 Å². The van der Waals surface area contributed by atoms with Crippen LogP contribution in [0.4, 0.5) is 0 Å². The highest BCUT2D eigenvalue weighted by atomic mass is 16.8. The molecule has 360 valence electrons. The van der Waals surface area contributed by atoms with Gasteiger partial charge in [-0.15, -0.1) is 0 Å². The topological polar surface area (TPSA) is 255 Å². The largest absolute Gasteiger partial charge is 0.481 e. The van der Waals surface area contributed by atoms with Crippen LogP contribution in [0.2, 0.25) is 0 Å². The maximum absolute atomic E-state index is 13.1. The van der Waals surface area contributed by atoms with E-state index in [4.69, 9.17) is 28.4 Å². The predicted molar refractivity (Wildman–Crippen MR) is 223 cm³/mol. The Morgan fingerprint density at radius 2 is 1.37 bits per heavy atom. The summed E-state index contributed by atoms with van der Waals surface area (Å²) in [5.41, 5.74) is 0.0466. The van der Waals surface area contributed by atoms with Crippen molar-refractivity contribution in [1.82, 2.24) is 0 Å². The highest BCUT2D eigenvalue weighted by molar-refractivity contribution is 5.76. The molecule has 0 aromatic carbocycles. The summed E-state index contributed by atoms with van der Waals surface area (Å²) in [6, 6.07) is 0. The fourth-order valence-corrected chi connectivity index (χ4v) is 15.7. The van der Waals surface area contributed by atoms with Gasteiger partial charge >= 0.3 is 5.97 Å². The van der Waals surface area contributed by atoms with Gasteiger partial charge in [0.1, 0.15) is 61.0 Å². The summed E-state index contributed by atoms with van der Waals surface area (Å²) in [4.78, 5) is 13.1. The molecule has 3 aliphatic heterocycles. The zero-order valence-corrected chi connectivity index (χ0v) is 38.1. The molecule has 0 bridgehead atoms. The van der Waals surface area contributed by atoms with Crippen LogP contribution in [-0.2, 0) is 33.2 Å². The highest BCUT2D eigenvalue weighted by Crippen LogP contribution is 2.77. The van der Waals surface area contributed by atoms with Crippen molar-refractivity contribution in [2.24, 2.45) is 56.7 Å². The van der Waals surface area contributed by atoms with Crippen molar-refractivity contribution < 1.29 is 79.2 Å². The Labute approximate surface area is 371 Å². The van der Waals surface area contributed by atoms with Gasteiger partial charge in [0.2, 0.25) is 0 Å². The zero-order valence-electron chi connectivity index (χ0n) is 38.1. The molecule has 16 heteroatoms. The molecular formula is C47H76O16. The van der Waals surface area contributed by atoms with Crippen LogP contribution in [0, 0.1) is 56.7 Å². The molecule has 9 N–H and O–H groups in total. The minimum Gasteiger partial charge on any atom is -0.481 e. The van der Waals surface area contributed by atoms with Crippen LogP contribution in [0.3, 0.4) is 0 Å². The van der Waals surface area contributed by atoms with Crippen LogP contribution in [-0.4, -0.2) is 157 Å². The second-order valence-corrected chi connectivity index (χ2v) is 22.5. The minimum absolute atomic E-state index is 0.0133. The van der Waals surface area contributed by atoms with E-state index in [9.17, 15) is 50.8 Å². The van der Waals surface area contributed by atoms with Gasteiger partial charge in [0.05, 0.1) is 30.8 Å². The molecule has 16 nitrogen and oxygen atoms in total. The van der Waals surface area contributed by atoms with Crippen molar-refractivity contribution in [2.75, 3.05) is 13.2 Å². The molecule has 0 amide bonds. The van der Waals surface area contributed by atoms with Crippen LogP contribution >= 0.6 is 0 Å². The van der Waals surface area contributed by atoms with Crippen molar-refractivity contribution in [3.63, 3.8) is 0 Å². The number of carboxylic acids is 1. The second kappa shape index (κ2) is 17.0. The number of allylic oxidation sites excluding steroid dienone is 1. The predicted octanol–water partition coefficient (Wildman–Crippen LogP) is 2.23. The van der Waals surface area contributed by atoms with E-state index < -0.39 is 104 Å². The Hall–Kier alpha value is -1.35. The molecule has 5 saturated carbocycles. The van der Waals surface area contributed by atoms with Gasteiger partial charge in [-0.3, -0.25) is 4.79 Å². The Morgan fingerprint density at radius 3 is 2.03 bits per heavy atom. The van der Waals surface area contributed by atoms with E-state index in [1.165, 1.54) is 6.92 Å². The number of rotatable bonds is 9. The molecule has 24 atom stereocenters. The monoisotopic (exact) mass is 897 g/mol. The van der Waals surface area contributed by atoms with Gasteiger partial charge in [-0.05, 0) is 129 Å². The molecule has 3 saturated heterocycles. The third kappa shape index (κ3) is 7.33. The van der Waals surface area contributed by atoms with Crippen LogP contribution < -0.4 is 0 Å². The summed E-state index contributed by atoms with van der Waals surface area (Å²) in [5, 5.41) is 96.4. The first-order valence-corrected chi connectivity index (χ1v) is 23.6. The molecule has 5 aliphatic carbocycles. The lowest BCUT2D eigenvalue weighted by Crippen LogP contribution is -2.67. The average molecular weight is 897 g/mol. The van der Waals surface area contributed by atoms with Crippen LogP contribution in [0.1, 0.15) is 113 Å². The highest BCUT2D eigenvalue weighted by Gasteiger charge is 2.72. The van der Waals surface area contributed by atoms with Gasteiger partial charge in [0.25, 0.3) is 0 Å². The summed E-state index contributed by atoms with van der Waals surface area (Å²) in [6.45, 7) is 19.0. The lowest BCUT2D eigenvalue weighted by molar-refractivity contribution is -0.382. The number of carbonyl (C=O) groups is 1. The van der Waals surface area contributed by atoms with Crippen molar-refractivity contribution in [1.29, 1.82) is 0 Å². The quantitative estimate of drug-likeness (QED) is 0.119. The van der Waals surface area contributed by atoms with Crippen molar-refractivity contribution in [3.05, 3.63) is 12.2 Å². The molecule has 0 radical (unpaired) electrons. The van der Waals surface area contributed by atoms with Gasteiger partial charge in [-0.2, -0.15) is 0 Å². The summed E-state index contributed by atoms with van der Waals surface area (Å²) in [7, 11) is 0. The SMILES string of the molecule is C=C(C)[C@@H]1CC[C@]2(C(=O)O)CC[C@]3(C)[C@H](CC[C@@H]4[C@@]5(C)CC[C@H](O[C@@H]6OC[C@H](O)[C@H](O)[C@H]6O[C@@H]6O[C@@H](C)[C@H](O)[C@@H](O[C@@H]7O[C@H](CO)[C@@H](O)[C@H](O)[C@H]7O)[C@H]6O)C(C)(C)[C@@H]5CC[C@]43C)[C@@H]12. The molecule has 3 heterocycles. The fraction of sp³-hybridized carbons (Fsp3) is 0.936. The van der Waals surface area contributed by atoms with E-state index in [1.807, 2.05) is 0 Å². The van der Waals surface area contributed by atoms with Crippen LogP contribution in [0.15, 0.2) is 12.2 Å². The van der Waals surface area contributed by atoms with E-state index in [0.29, 0.717) is 24.7 Å². The maximum Gasteiger partial charge on any atom is 0.309 e. The number of ether oxygens (including phenoxy) is 6. The lowest BCUT2D eigenvalue weighted by atomic mass is 9.32. The third-order valence-corrected chi connectivity index (χ3v) is 19.4. The Balaban J connectivity index is 0.989. The molecule has 8 aliphatic rings. The summed E-state index contributed by atoms with van der Waals surface area (Å²) >= 11 is 0. The van der Waals surface area contributed by atoms with E-state index in [0.717, 1.165) is 56.9 Å². The number of aliphatic hydroxyl groups is 8. The molecular weight excluding hydrogens is 821 g/mol. The average Bonchev–Trinajstić information content (AvgIpc) is 3.64. The van der Waals surface area contributed by atoms with Crippen molar-refractivity contribution >= 4 is 5.97 Å². The Kier molecular flexibility index (Phi) is 13.0. The molecule has 63 heavy (non-hydrogen) atoms. The number of fused-ring (bicyclic) bond motifs is 7. The lowest BCUT2D eigenvalue weighted by Gasteiger charge is -2.73. The number of hydrogen-bond donors (Lipinski definition) is 9. The molecule has 0 spiro atoms. The first-order chi connectivity index (χ1) is 29.5. The number of carboxylic acid groups (broad SMARTS) is 1. The maximum atomic E-state index is 13.1. The third-order valence-electron chi connectivity index (χ3n) is 19.4. The molecule has 8 fully saturated rings. The van der Waals surface area contributed by atoms with Gasteiger partial charge < -0.3 is 74.4 Å². The van der Waals surface area contributed by atoms with E-state index in [-0.39, 0.29) is 52.1 Å². The minimum atomic E-state index is -1.80. The smallest absolute Gasteiger partial charge is 0.309 e. The van der Waals surface area contributed by atoms with Crippen LogP contribution in [0.25, 0.3) is 0 Å². The molecule has 0 aromatic heterocycles. The van der Waals surface area contributed by atoms with E-state index >= 15 is 0 Å². The Bertz CT molecular complexity index is 1700. The van der Waals surface area contributed by atoms with Gasteiger partial charge in [-0.1, -0.05) is 46.8 Å². The normalized spacial score (nSPS) is 55.5. The summed E-state index contributed by atoms with van der Waals surface area (Å²) < 4.78 is 36.3. The second-order valence-electron chi connectivity index (χ2n) is 22.5. The van der Waals surface area contributed by atoms with Crippen molar-refractivity contribution in [3.8, 4) is 0 Å². The molecule has 0 aromatic rings. The number of aliphatic hydroxyl groups excluding tert-OH is 8. The first-order valence-electron chi connectivity index (χ1n) is 23.6. The fourth-order valence-electron chi connectivity index (χ4n) is 15.7. The molecule has 0 unspecified atom stereocenters. The van der Waals surface area contributed by atoms with Gasteiger partial charge in [0.15, 0.2) is 18.9 Å². The molecule has 8 rings (SSSR count). The first kappa shape index (κ1) is 48.1. The number of hydrogen-bond acceptors (Lipinski definition) is 15. The number of aliphatic carboxylic acids is 1. The Morgan fingerprint density at radius 1 is 0.683 bits per heavy atom. The summed E-state index contributed by atoms with van der Waals surface area (Å²) in [6.07, 6.45) is -12.4. The van der Waals surface area contributed by atoms with E-state index in [1.54, 1.807) is 0 Å². The van der Waals surface area contributed by atoms with Crippen LogP contribution in [0.5, 0.6) is 0 Å². The van der Waals surface area contributed by atoms with Crippen molar-refractivity contribution in [2.45, 2.75) is 205 Å². The standard InChI is InChI=1S/C47H76O16/c1-21(2)23-11-16-47(42(56)57)18-17-45(7)24(30(23)47)9-10-28-44(6)14-13-29(43(4,5)27(44)12-15-46(28,45)8)61-41-38(32(51)25(49)20-58-41)63-40-36(55)37(31(50)22(3)59-40)62-39-35(54)34(53)33(52)26(19-48)60-39/h22-41,48-55H,1,9-20H2,2-8H3,(H,56,57)/t22-,23-,24+,25-,26+,27-,28+,29-,30+,31-,32-,33+,34-,35+,36+,37+,38+,39-,40-,41-,44-,45+,46+,47-/m0/s1. The summed E-state index contributed by atoms with van der Waals surface area (Å²) in [5.74, 6) is 0.709. The van der Waals surface area contributed by atoms with Gasteiger partial charge in [0, 0.05) is 0 Å².